The maximum absolute atomic E-state index is 13.4. The van der Waals surface area contributed by atoms with Crippen molar-refractivity contribution in [1.82, 2.24) is 5.32 Å². The molecule has 5 nitrogen and oxygen atoms in total. The van der Waals surface area contributed by atoms with Crippen molar-refractivity contribution in [3.63, 3.8) is 0 Å². The fourth-order valence-electron chi connectivity index (χ4n) is 1.20. The van der Waals surface area contributed by atoms with Crippen molar-refractivity contribution in [2.75, 3.05) is 6.54 Å². The van der Waals surface area contributed by atoms with Crippen LogP contribution in [0.4, 0.5) is 4.39 Å². The first-order chi connectivity index (χ1) is 9.22. The summed E-state index contributed by atoms with van der Waals surface area (Å²) in [4.78, 5) is 22.1. The summed E-state index contributed by atoms with van der Waals surface area (Å²) >= 11 is 3.18. The molecule has 0 saturated heterocycles. The van der Waals surface area contributed by atoms with Crippen molar-refractivity contribution in [2.24, 2.45) is 0 Å². The van der Waals surface area contributed by atoms with Crippen molar-refractivity contribution in [2.45, 2.75) is 12.5 Å². The number of carboxylic acids is 1. The smallest absolute Gasteiger partial charge is 0.337 e. The van der Waals surface area contributed by atoms with Crippen LogP contribution in [0.1, 0.15) is 12.5 Å². The predicted molar refractivity (Wildman–Crippen MR) is 74.4 cm³/mol. The summed E-state index contributed by atoms with van der Waals surface area (Å²) in [7, 11) is 0. The third-order valence-corrected chi connectivity index (χ3v) is 2.93. The first-order valence-corrected chi connectivity index (χ1v) is 6.38. The Hall–Kier alpha value is -1.73. The molecule has 1 aromatic carbocycles. The highest BCUT2D eigenvalue weighted by atomic mass is 79.9. The summed E-state index contributed by atoms with van der Waals surface area (Å²) < 4.78 is 14.0. The monoisotopic (exact) mass is 345 g/mol. The van der Waals surface area contributed by atoms with Gasteiger partial charge in [0.05, 0.1) is 6.54 Å². The van der Waals surface area contributed by atoms with Crippen molar-refractivity contribution in [3.05, 3.63) is 40.1 Å². The zero-order valence-electron chi connectivity index (χ0n) is 10.6. The van der Waals surface area contributed by atoms with E-state index in [0.717, 1.165) is 13.0 Å². The van der Waals surface area contributed by atoms with E-state index in [9.17, 15) is 19.1 Å². The number of carbonyl (C=O) groups excluding carboxylic acids is 1. The van der Waals surface area contributed by atoms with Crippen molar-refractivity contribution in [3.8, 4) is 0 Å². The maximum atomic E-state index is 13.4. The van der Waals surface area contributed by atoms with E-state index in [1.807, 2.05) is 0 Å². The predicted octanol–water partition coefficient (Wildman–Crippen LogP) is 1.55. The fraction of sp³-hybridized carbons (Fsp3) is 0.231. The number of benzene rings is 1. The van der Waals surface area contributed by atoms with Gasteiger partial charge in [-0.15, -0.1) is 0 Å². The van der Waals surface area contributed by atoms with Gasteiger partial charge in [0.2, 0.25) is 5.91 Å². The number of aliphatic carboxylic acids is 1. The molecular weight excluding hydrogens is 333 g/mol. The average Bonchev–Trinajstić information content (AvgIpc) is 2.37. The Morgan fingerprint density at radius 2 is 2.15 bits per heavy atom. The summed E-state index contributed by atoms with van der Waals surface area (Å²) in [6, 6.07) is 4.26. The summed E-state index contributed by atoms with van der Waals surface area (Å²) in [5.74, 6) is -2.57. The van der Waals surface area contributed by atoms with Gasteiger partial charge < -0.3 is 15.5 Å². The SMILES string of the molecule is CC(O)(CNC(=O)C=Cc1cc(Br)ccc1F)C(=O)O. The van der Waals surface area contributed by atoms with Crippen molar-refractivity contribution >= 4 is 33.9 Å². The molecule has 108 valence electrons. The van der Waals surface area contributed by atoms with Gasteiger partial charge in [0.25, 0.3) is 0 Å². The molecule has 0 bridgehead atoms. The van der Waals surface area contributed by atoms with Crippen LogP contribution in [0.3, 0.4) is 0 Å². The van der Waals surface area contributed by atoms with Crippen LogP contribution in [-0.2, 0) is 9.59 Å². The Morgan fingerprint density at radius 1 is 1.50 bits per heavy atom. The minimum atomic E-state index is -2.05. The van der Waals surface area contributed by atoms with E-state index in [1.54, 1.807) is 0 Å². The average molecular weight is 346 g/mol. The molecule has 0 aliphatic heterocycles. The molecule has 20 heavy (non-hydrogen) atoms. The number of amides is 1. The lowest BCUT2D eigenvalue weighted by molar-refractivity contribution is -0.156. The number of carbonyl (C=O) groups is 2. The topological polar surface area (TPSA) is 86.6 Å². The third kappa shape index (κ3) is 4.75. The minimum absolute atomic E-state index is 0.208. The second-order valence-electron chi connectivity index (χ2n) is 4.30. The number of nitrogens with one attached hydrogen (secondary N) is 1. The molecule has 3 N–H and O–H groups in total. The van der Waals surface area contributed by atoms with Crippen LogP contribution in [0.15, 0.2) is 28.7 Å². The zero-order valence-corrected chi connectivity index (χ0v) is 12.1. The molecule has 0 heterocycles. The summed E-state index contributed by atoms with van der Waals surface area (Å²) in [5, 5.41) is 20.3. The van der Waals surface area contributed by atoms with Gasteiger partial charge in [-0.1, -0.05) is 15.9 Å². The summed E-state index contributed by atoms with van der Waals surface area (Å²) in [5.41, 5.74) is -1.84. The number of hydrogen-bond donors (Lipinski definition) is 3. The summed E-state index contributed by atoms with van der Waals surface area (Å²) in [6.45, 7) is 0.611. The molecule has 1 amide bonds. The molecule has 0 fully saturated rings. The van der Waals surface area contributed by atoms with E-state index in [1.165, 1.54) is 24.3 Å². The highest BCUT2D eigenvalue weighted by Crippen LogP contribution is 2.16. The van der Waals surface area contributed by atoms with Crippen LogP contribution in [-0.4, -0.2) is 34.2 Å². The van der Waals surface area contributed by atoms with Gasteiger partial charge in [-0.05, 0) is 31.2 Å². The second-order valence-corrected chi connectivity index (χ2v) is 5.21. The van der Waals surface area contributed by atoms with Crippen LogP contribution in [0.2, 0.25) is 0 Å². The van der Waals surface area contributed by atoms with Gasteiger partial charge in [0, 0.05) is 16.1 Å². The van der Waals surface area contributed by atoms with Crippen LogP contribution in [0, 0.1) is 5.82 Å². The molecule has 1 atom stereocenters. The largest absolute Gasteiger partial charge is 0.479 e. The zero-order chi connectivity index (χ0) is 15.3. The number of aliphatic hydroxyl groups is 1. The highest BCUT2D eigenvalue weighted by molar-refractivity contribution is 9.10. The van der Waals surface area contributed by atoms with Crippen LogP contribution >= 0.6 is 15.9 Å². The summed E-state index contributed by atoms with van der Waals surface area (Å²) in [6.07, 6.45) is 2.31. The molecular formula is C13H13BrFNO4. The quantitative estimate of drug-likeness (QED) is 0.706. The van der Waals surface area contributed by atoms with E-state index in [-0.39, 0.29) is 5.56 Å². The molecule has 0 aliphatic rings. The van der Waals surface area contributed by atoms with Gasteiger partial charge in [0.1, 0.15) is 5.82 Å². The van der Waals surface area contributed by atoms with Crippen molar-refractivity contribution < 1.29 is 24.2 Å². The third-order valence-electron chi connectivity index (χ3n) is 2.44. The van der Waals surface area contributed by atoms with E-state index < -0.39 is 29.8 Å². The molecule has 7 heteroatoms. The van der Waals surface area contributed by atoms with Gasteiger partial charge >= 0.3 is 5.97 Å². The first-order valence-electron chi connectivity index (χ1n) is 5.59. The van der Waals surface area contributed by atoms with E-state index >= 15 is 0 Å². The lowest BCUT2D eigenvalue weighted by Gasteiger charge is -2.17. The molecule has 0 aliphatic carbocycles. The normalized spacial score (nSPS) is 14.0. The Kier molecular flexibility index (Phi) is 5.41. The minimum Gasteiger partial charge on any atom is -0.479 e. The number of rotatable bonds is 5. The molecule has 0 saturated carbocycles. The number of hydrogen-bond acceptors (Lipinski definition) is 3. The Balaban J connectivity index is 2.65. The molecule has 0 aromatic heterocycles. The Morgan fingerprint density at radius 3 is 2.75 bits per heavy atom. The standard InChI is InChI=1S/C13H13BrFNO4/c1-13(20,12(18)19)7-16-11(17)5-2-8-6-9(14)3-4-10(8)15/h2-6,20H,7H2,1H3,(H,16,17)(H,18,19). The first kappa shape index (κ1) is 16.3. The van der Waals surface area contributed by atoms with E-state index in [2.05, 4.69) is 21.2 Å². The van der Waals surface area contributed by atoms with E-state index in [0.29, 0.717) is 4.47 Å². The van der Waals surface area contributed by atoms with Crippen LogP contribution in [0.5, 0.6) is 0 Å². The second kappa shape index (κ2) is 6.62. The van der Waals surface area contributed by atoms with Crippen LogP contribution in [0.25, 0.3) is 6.08 Å². The maximum Gasteiger partial charge on any atom is 0.337 e. The number of halogens is 2. The molecule has 1 aromatic rings. The van der Waals surface area contributed by atoms with Gasteiger partial charge in [-0.2, -0.15) is 0 Å². The highest BCUT2D eigenvalue weighted by Gasteiger charge is 2.29. The lowest BCUT2D eigenvalue weighted by Crippen LogP contribution is -2.46. The number of carboxylic acid groups (broad SMARTS) is 1. The lowest BCUT2D eigenvalue weighted by atomic mass is 10.1. The Labute approximate surface area is 123 Å². The van der Waals surface area contributed by atoms with Gasteiger partial charge in [-0.3, -0.25) is 4.79 Å². The van der Waals surface area contributed by atoms with Gasteiger partial charge in [0.15, 0.2) is 5.60 Å². The van der Waals surface area contributed by atoms with Gasteiger partial charge in [-0.25, -0.2) is 9.18 Å². The van der Waals surface area contributed by atoms with E-state index in [4.69, 9.17) is 5.11 Å². The van der Waals surface area contributed by atoms with Crippen molar-refractivity contribution in [1.29, 1.82) is 0 Å². The Bertz CT molecular complexity index is 557. The molecule has 0 radical (unpaired) electrons. The molecule has 1 unspecified atom stereocenters. The molecule has 0 spiro atoms. The fourth-order valence-corrected chi connectivity index (χ4v) is 1.58. The van der Waals surface area contributed by atoms with Crippen LogP contribution < -0.4 is 5.32 Å². The molecule has 1 rings (SSSR count).